The molecule has 12 heteroatoms. The highest BCUT2D eigenvalue weighted by Crippen LogP contribution is 2.46. The molecule has 0 fully saturated rings. The molecule has 8 N–H and O–H groups in total. The van der Waals surface area contributed by atoms with E-state index in [-0.39, 0.29) is 79.1 Å². The summed E-state index contributed by atoms with van der Waals surface area (Å²) in [4.78, 5) is 53.1. The number of hydrogen-bond donors (Lipinski definition) is 4. The van der Waals surface area contributed by atoms with Crippen LogP contribution in [0.25, 0.3) is 0 Å². The van der Waals surface area contributed by atoms with Gasteiger partial charge >= 0.3 is 11.9 Å². The lowest BCUT2D eigenvalue weighted by molar-refractivity contribution is 0.0488. The maximum absolute atomic E-state index is 14.0. The second kappa shape index (κ2) is 15.5. The first-order chi connectivity index (χ1) is 24.0. The van der Waals surface area contributed by atoms with Crippen molar-refractivity contribution in [1.82, 2.24) is 0 Å². The molecule has 0 unspecified atom stereocenters. The van der Waals surface area contributed by atoms with Crippen molar-refractivity contribution >= 4 is 46.3 Å². The maximum Gasteiger partial charge on any atom is 0.338 e. The summed E-state index contributed by atoms with van der Waals surface area (Å²) in [6, 6.07) is 15.2. The predicted octanol–water partition coefficient (Wildman–Crippen LogP) is 7.07. The average molecular weight is 681 g/mol. The molecule has 12 nitrogen and oxygen atoms in total. The standard InChI is InChI=1S/C38H40N4O8/c1-3-5-7-15-47-37(45)21-11-9-13-23(17-21)49-27-19-25(39)29-31(33(27)41)35(43)30-26(40)20-28(34(42)32(30)36(29)44)50-24-14-10-12-22(18-24)38(46)48-16-8-6-4-2/h9-14,17-20H,3-8,15-16,39-42H2,1-2H3. The van der Waals surface area contributed by atoms with Crippen molar-refractivity contribution in [3.05, 3.63) is 94.0 Å². The fourth-order valence-corrected chi connectivity index (χ4v) is 5.59. The summed E-state index contributed by atoms with van der Waals surface area (Å²) in [5, 5.41) is 0. The van der Waals surface area contributed by atoms with E-state index in [9.17, 15) is 19.2 Å². The third-order valence-corrected chi connectivity index (χ3v) is 8.19. The van der Waals surface area contributed by atoms with Gasteiger partial charge in [-0.25, -0.2) is 9.59 Å². The van der Waals surface area contributed by atoms with E-state index < -0.39 is 23.5 Å². The first-order valence-electron chi connectivity index (χ1n) is 16.5. The van der Waals surface area contributed by atoms with Gasteiger partial charge in [-0.05, 0) is 49.2 Å². The van der Waals surface area contributed by atoms with Crippen LogP contribution in [-0.4, -0.2) is 36.7 Å². The van der Waals surface area contributed by atoms with Gasteiger partial charge in [-0.3, -0.25) is 9.59 Å². The van der Waals surface area contributed by atoms with E-state index in [1.807, 2.05) is 0 Å². The van der Waals surface area contributed by atoms with Crippen molar-refractivity contribution < 1.29 is 38.1 Å². The van der Waals surface area contributed by atoms with Crippen molar-refractivity contribution in [3.8, 4) is 23.0 Å². The maximum atomic E-state index is 14.0. The second-order valence-corrected chi connectivity index (χ2v) is 11.9. The van der Waals surface area contributed by atoms with E-state index >= 15 is 0 Å². The molecular formula is C38H40N4O8. The van der Waals surface area contributed by atoms with Crippen LogP contribution in [0.4, 0.5) is 22.7 Å². The number of carbonyl (C=O) groups excluding carboxylic acids is 4. The lowest BCUT2D eigenvalue weighted by Gasteiger charge is -2.25. The molecule has 0 amide bonds. The van der Waals surface area contributed by atoms with Crippen LogP contribution in [0.5, 0.6) is 23.0 Å². The summed E-state index contributed by atoms with van der Waals surface area (Å²) in [7, 11) is 0. The van der Waals surface area contributed by atoms with Crippen LogP contribution in [0.1, 0.15) is 105 Å². The van der Waals surface area contributed by atoms with Gasteiger partial charge in [0.1, 0.15) is 11.5 Å². The Morgan fingerprint density at radius 2 is 0.960 bits per heavy atom. The molecule has 0 heterocycles. The van der Waals surface area contributed by atoms with E-state index in [2.05, 4.69) is 13.8 Å². The smallest absolute Gasteiger partial charge is 0.338 e. The summed E-state index contributed by atoms with van der Waals surface area (Å²) in [5.74, 6) is -1.93. The molecule has 1 aliphatic carbocycles. The number of esters is 2. The lowest BCUT2D eigenvalue weighted by Crippen LogP contribution is -2.26. The minimum atomic E-state index is -0.683. The Labute approximate surface area is 289 Å². The summed E-state index contributed by atoms with van der Waals surface area (Å²) < 4.78 is 22.6. The number of nitrogens with two attached hydrogens (primary N) is 4. The molecule has 0 bridgehead atoms. The highest BCUT2D eigenvalue weighted by molar-refractivity contribution is 6.35. The summed E-state index contributed by atoms with van der Waals surface area (Å²) >= 11 is 0. The first-order valence-corrected chi connectivity index (χ1v) is 16.5. The van der Waals surface area contributed by atoms with Crippen LogP contribution in [0.2, 0.25) is 0 Å². The summed E-state index contributed by atoms with van der Waals surface area (Å²) in [6.07, 6.45) is 5.40. The van der Waals surface area contributed by atoms with E-state index in [1.54, 1.807) is 36.4 Å². The Kier molecular flexibility index (Phi) is 10.9. The number of rotatable bonds is 14. The Bertz CT molecular complexity index is 1830. The third-order valence-electron chi connectivity index (χ3n) is 8.19. The highest BCUT2D eigenvalue weighted by atomic mass is 16.5. The minimum absolute atomic E-state index is 0.00502. The van der Waals surface area contributed by atoms with Gasteiger partial charge in [0.05, 0.1) is 58.0 Å². The van der Waals surface area contributed by atoms with Gasteiger partial charge in [0.15, 0.2) is 23.1 Å². The number of ether oxygens (including phenoxy) is 4. The van der Waals surface area contributed by atoms with Gasteiger partial charge in [0.2, 0.25) is 0 Å². The molecule has 0 aromatic heterocycles. The van der Waals surface area contributed by atoms with Gasteiger partial charge in [-0.1, -0.05) is 51.7 Å². The zero-order valence-corrected chi connectivity index (χ0v) is 28.0. The van der Waals surface area contributed by atoms with Gasteiger partial charge in [0.25, 0.3) is 0 Å². The van der Waals surface area contributed by atoms with Gasteiger partial charge in [-0.15, -0.1) is 0 Å². The highest BCUT2D eigenvalue weighted by Gasteiger charge is 2.38. The zero-order valence-electron chi connectivity index (χ0n) is 28.0. The molecule has 0 radical (unpaired) electrons. The zero-order chi connectivity index (χ0) is 35.9. The number of carbonyl (C=O) groups is 4. The largest absolute Gasteiger partial charge is 0.462 e. The summed E-state index contributed by atoms with van der Waals surface area (Å²) in [6.45, 7) is 4.71. The number of unbranched alkanes of at least 4 members (excludes halogenated alkanes) is 4. The Hall–Kier alpha value is -6.04. The van der Waals surface area contributed by atoms with Gasteiger partial charge < -0.3 is 41.9 Å². The van der Waals surface area contributed by atoms with Gasteiger partial charge in [0, 0.05) is 23.5 Å². The molecule has 50 heavy (non-hydrogen) atoms. The average Bonchev–Trinajstić information content (AvgIpc) is 3.10. The quantitative estimate of drug-likeness (QED) is 0.0527. The molecule has 0 saturated carbocycles. The van der Waals surface area contributed by atoms with E-state index in [1.165, 1.54) is 24.3 Å². The fourth-order valence-electron chi connectivity index (χ4n) is 5.59. The number of anilines is 4. The van der Waals surface area contributed by atoms with Gasteiger partial charge in [-0.2, -0.15) is 0 Å². The third kappa shape index (κ3) is 7.34. The monoisotopic (exact) mass is 680 g/mol. The minimum Gasteiger partial charge on any atom is -0.462 e. The fraction of sp³-hybridized carbons (Fsp3) is 0.263. The lowest BCUT2D eigenvalue weighted by atomic mass is 9.80. The van der Waals surface area contributed by atoms with Crippen molar-refractivity contribution in [2.24, 2.45) is 0 Å². The number of hydrogen-bond acceptors (Lipinski definition) is 12. The van der Waals surface area contributed by atoms with Crippen molar-refractivity contribution in [1.29, 1.82) is 0 Å². The van der Waals surface area contributed by atoms with Crippen LogP contribution < -0.4 is 32.4 Å². The Morgan fingerprint density at radius 3 is 1.34 bits per heavy atom. The molecule has 260 valence electrons. The normalized spacial score (nSPS) is 11.8. The molecule has 0 atom stereocenters. The molecule has 0 aliphatic heterocycles. The van der Waals surface area contributed by atoms with Crippen molar-refractivity contribution in [3.63, 3.8) is 0 Å². The van der Waals surface area contributed by atoms with E-state index in [0.717, 1.165) is 38.5 Å². The SMILES string of the molecule is CCCCCOC(=O)c1cccc(Oc2cc(N)c3c(c2N)C(=O)c2c(N)cc(Oc4cccc(C(=O)OCCCCC)c4)c(N)c2C3=O)c1. The summed E-state index contributed by atoms with van der Waals surface area (Å²) in [5.41, 5.74) is 24.9. The number of ketones is 2. The predicted molar refractivity (Wildman–Crippen MR) is 190 cm³/mol. The van der Waals surface area contributed by atoms with Crippen LogP contribution >= 0.6 is 0 Å². The van der Waals surface area contributed by atoms with Crippen LogP contribution in [-0.2, 0) is 9.47 Å². The van der Waals surface area contributed by atoms with E-state index in [0.29, 0.717) is 13.2 Å². The number of fused-ring (bicyclic) bond motifs is 2. The molecule has 4 aromatic rings. The van der Waals surface area contributed by atoms with Crippen LogP contribution in [0, 0.1) is 0 Å². The molecule has 5 rings (SSSR count). The number of benzene rings is 4. The van der Waals surface area contributed by atoms with Crippen LogP contribution in [0.15, 0.2) is 60.7 Å². The number of nitrogen functional groups attached to an aromatic ring is 4. The Morgan fingerprint density at radius 1 is 0.560 bits per heavy atom. The first kappa shape index (κ1) is 35.3. The Balaban J connectivity index is 1.41. The second-order valence-electron chi connectivity index (χ2n) is 11.9. The molecule has 0 saturated heterocycles. The van der Waals surface area contributed by atoms with Crippen molar-refractivity contribution in [2.75, 3.05) is 36.1 Å². The molecule has 4 aromatic carbocycles. The molecule has 0 spiro atoms. The van der Waals surface area contributed by atoms with Crippen molar-refractivity contribution in [2.45, 2.75) is 52.4 Å². The topological polar surface area (TPSA) is 209 Å². The molecular weight excluding hydrogens is 640 g/mol. The molecule has 1 aliphatic rings. The van der Waals surface area contributed by atoms with Crippen LogP contribution in [0.3, 0.4) is 0 Å². The van der Waals surface area contributed by atoms with E-state index in [4.69, 9.17) is 41.9 Å².